The number of urea groups is 1. The van der Waals surface area contributed by atoms with Crippen molar-refractivity contribution in [2.24, 2.45) is 0 Å². The number of carbonyl (C=O) groups is 1. The lowest BCUT2D eigenvalue weighted by atomic mass is 9.97. The highest BCUT2D eigenvalue weighted by atomic mass is 16.2. The van der Waals surface area contributed by atoms with Crippen molar-refractivity contribution in [2.45, 2.75) is 45.2 Å². The zero-order valence-electron chi connectivity index (χ0n) is 15.6. The number of nitrogens with zero attached hydrogens (tertiary/aromatic N) is 1. The molecule has 142 valence electrons. The number of hydrogen-bond donors (Lipinski definition) is 2. The van der Waals surface area contributed by atoms with Gasteiger partial charge in [0.25, 0.3) is 5.56 Å². The van der Waals surface area contributed by atoms with Crippen LogP contribution in [0.15, 0.2) is 65.1 Å². The third-order valence-electron chi connectivity index (χ3n) is 4.84. The molecule has 0 spiro atoms. The Balaban J connectivity index is 1.40. The molecular weight excluding hydrogens is 338 g/mol. The lowest BCUT2D eigenvalue weighted by molar-refractivity contribution is 0.240. The Kier molecular flexibility index (Phi) is 6.85. The maximum absolute atomic E-state index is 11.9. The molecule has 1 aliphatic carbocycles. The van der Waals surface area contributed by atoms with Crippen LogP contribution in [0, 0.1) is 0 Å². The first-order chi connectivity index (χ1) is 13.2. The van der Waals surface area contributed by atoms with Gasteiger partial charge in [-0.2, -0.15) is 0 Å². The number of carbonyl (C=O) groups excluding carboxylic acids is 1. The zero-order chi connectivity index (χ0) is 18.9. The fourth-order valence-corrected chi connectivity index (χ4v) is 3.26. The Morgan fingerprint density at radius 1 is 1.00 bits per heavy atom. The largest absolute Gasteiger partial charge is 0.338 e. The van der Waals surface area contributed by atoms with Crippen molar-refractivity contribution in [2.75, 3.05) is 6.54 Å². The van der Waals surface area contributed by atoms with E-state index in [1.54, 1.807) is 22.9 Å². The highest BCUT2D eigenvalue weighted by Crippen LogP contribution is 2.19. The fraction of sp³-hybridized carbons (Fsp3) is 0.364. The molecule has 0 fully saturated rings. The van der Waals surface area contributed by atoms with Crippen molar-refractivity contribution >= 4 is 6.03 Å². The highest BCUT2D eigenvalue weighted by Gasteiger charge is 2.05. The van der Waals surface area contributed by atoms with E-state index >= 15 is 0 Å². The summed E-state index contributed by atoms with van der Waals surface area (Å²) in [6, 6.07) is 13.0. The number of allylic oxidation sites excluding steroid dienone is 1. The first-order valence-electron chi connectivity index (χ1n) is 9.63. The van der Waals surface area contributed by atoms with E-state index in [-0.39, 0.29) is 11.6 Å². The van der Waals surface area contributed by atoms with E-state index in [0.717, 1.165) is 17.5 Å². The lowest BCUT2D eigenvalue weighted by Crippen LogP contribution is -2.35. The zero-order valence-corrected chi connectivity index (χ0v) is 15.6. The molecule has 0 atom stereocenters. The third-order valence-corrected chi connectivity index (χ3v) is 4.84. The predicted molar refractivity (Wildman–Crippen MR) is 108 cm³/mol. The smallest absolute Gasteiger partial charge is 0.315 e. The minimum atomic E-state index is -0.133. The summed E-state index contributed by atoms with van der Waals surface area (Å²) in [4.78, 5) is 23.7. The number of rotatable bonds is 7. The van der Waals surface area contributed by atoms with Crippen LogP contribution in [0.25, 0.3) is 0 Å². The minimum Gasteiger partial charge on any atom is -0.338 e. The van der Waals surface area contributed by atoms with E-state index in [4.69, 9.17) is 0 Å². The molecule has 1 aromatic carbocycles. The molecule has 0 unspecified atom stereocenters. The maximum atomic E-state index is 11.9. The molecule has 2 amide bonds. The van der Waals surface area contributed by atoms with Gasteiger partial charge in [-0.15, -0.1) is 0 Å². The summed E-state index contributed by atoms with van der Waals surface area (Å²) in [7, 11) is 0. The average Bonchev–Trinajstić information content (AvgIpc) is 2.70. The number of benzene rings is 1. The summed E-state index contributed by atoms with van der Waals surface area (Å²) in [5.41, 5.74) is 3.54. The van der Waals surface area contributed by atoms with E-state index in [1.807, 2.05) is 30.3 Å². The summed E-state index contributed by atoms with van der Waals surface area (Å²) >= 11 is 0. The number of pyridine rings is 1. The standard InChI is InChI=1S/C22H27N3O2/c26-21-8-4-5-15-25(21)17-20-11-9-19(10-12-20)16-24-22(27)23-14-13-18-6-2-1-3-7-18/h4-6,8-12,15H,1-3,7,13-14,16-17H2,(H2,23,24,27). The van der Waals surface area contributed by atoms with Gasteiger partial charge in [-0.1, -0.05) is 42.0 Å². The van der Waals surface area contributed by atoms with Gasteiger partial charge < -0.3 is 15.2 Å². The molecule has 0 aliphatic heterocycles. The Labute approximate surface area is 160 Å². The molecule has 5 nitrogen and oxygen atoms in total. The van der Waals surface area contributed by atoms with Gasteiger partial charge in [-0.25, -0.2) is 4.79 Å². The number of hydrogen-bond acceptors (Lipinski definition) is 2. The lowest BCUT2D eigenvalue weighted by Gasteiger charge is -2.13. The molecule has 1 heterocycles. The van der Waals surface area contributed by atoms with Gasteiger partial charge in [-0.05, 0) is 49.3 Å². The molecule has 3 rings (SSSR count). The average molecular weight is 365 g/mol. The maximum Gasteiger partial charge on any atom is 0.315 e. The van der Waals surface area contributed by atoms with Gasteiger partial charge in [0.15, 0.2) is 0 Å². The van der Waals surface area contributed by atoms with Crippen LogP contribution in [0.4, 0.5) is 4.79 Å². The third kappa shape index (κ3) is 6.13. The Hall–Kier alpha value is -2.82. The molecule has 1 aliphatic rings. The van der Waals surface area contributed by atoms with Crippen molar-refractivity contribution in [1.82, 2.24) is 15.2 Å². The van der Waals surface area contributed by atoms with Crippen molar-refractivity contribution < 1.29 is 4.79 Å². The summed E-state index contributed by atoms with van der Waals surface area (Å²) in [5.74, 6) is 0. The van der Waals surface area contributed by atoms with Crippen LogP contribution in [0.2, 0.25) is 0 Å². The number of aromatic nitrogens is 1. The van der Waals surface area contributed by atoms with Gasteiger partial charge in [0.2, 0.25) is 0 Å². The molecule has 0 saturated carbocycles. The van der Waals surface area contributed by atoms with Crippen LogP contribution in [-0.2, 0) is 13.1 Å². The van der Waals surface area contributed by atoms with E-state index < -0.39 is 0 Å². The second-order valence-electron chi connectivity index (χ2n) is 6.95. The Morgan fingerprint density at radius 3 is 2.56 bits per heavy atom. The minimum absolute atomic E-state index is 0.0103. The first-order valence-corrected chi connectivity index (χ1v) is 9.63. The molecule has 5 heteroatoms. The molecule has 2 aromatic rings. The second-order valence-corrected chi connectivity index (χ2v) is 6.95. The van der Waals surface area contributed by atoms with Gasteiger partial charge >= 0.3 is 6.03 Å². The van der Waals surface area contributed by atoms with Crippen molar-refractivity contribution in [3.05, 3.63) is 81.8 Å². The van der Waals surface area contributed by atoms with Gasteiger partial charge in [-0.3, -0.25) is 4.79 Å². The van der Waals surface area contributed by atoms with E-state index in [1.165, 1.54) is 31.3 Å². The molecule has 27 heavy (non-hydrogen) atoms. The van der Waals surface area contributed by atoms with Crippen LogP contribution in [-0.4, -0.2) is 17.1 Å². The van der Waals surface area contributed by atoms with E-state index in [9.17, 15) is 9.59 Å². The first kappa shape index (κ1) is 19.0. The van der Waals surface area contributed by atoms with Crippen molar-refractivity contribution in [3.63, 3.8) is 0 Å². The summed E-state index contributed by atoms with van der Waals surface area (Å²) in [5, 5.41) is 5.81. The molecule has 0 saturated heterocycles. The number of amides is 2. The van der Waals surface area contributed by atoms with Crippen LogP contribution in [0.1, 0.15) is 43.2 Å². The SMILES string of the molecule is O=C(NCCC1=CCCCC1)NCc1ccc(Cn2ccccc2=O)cc1. The summed E-state index contributed by atoms with van der Waals surface area (Å²) < 4.78 is 1.67. The van der Waals surface area contributed by atoms with Crippen molar-refractivity contribution in [3.8, 4) is 0 Å². The van der Waals surface area contributed by atoms with Crippen LogP contribution in [0.3, 0.4) is 0 Å². The predicted octanol–water partition coefficient (Wildman–Crippen LogP) is 3.59. The second kappa shape index (κ2) is 9.76. The van der Waals surface area contributed by atoms with E-state index in [0.29, 0.717) is 19.6 Å². The van der Waals surface area contributed by atoms with Gasteiger partial charge in [0, 0.05) is 25.4 Å². The Bertz CT molecular complexity index is 837. The van der Waals surface area contributed by atoms with Gasteiger partial charge in [0.1, 0.15) is 0 Å². The highest BCUT2D eigenvalue weighted by molar-refractivity contribution is 5.73. The molecule has 1 aromatic heterocycles. The van der Waals surface area contributed by atoms with Crippen LogP contribution >= 0.6 is 0 Å². The monoisotopic (exact) mass is 365 g/mol. The van der Waals surface area contributed by atoms with Crippen LogP contribution < -0.4 is 16.2 Å². The van der Waals surface area contributed by atoms with E-state index in [2.05, 4.69) is 16.7 Å². The summed E-state index contributed by atoms with van der Waals surface area (Å²) in [6.45, 7) is 1.71. The fourth-order valence-electron chi connectivity index (χ4n) is 3.26. The van der Waals surface area contributed by atoms with Crippen LogP contribution in [0.5, 0.6) is 0 Å². The molecule has 0 radical (unpaired) electrons. The summed E-state index contributed by atoms with van der Waals surface area (Å²) in [6.07, 6.45) is 9.95. The molecule has 2 N–H and O–H groups in total. The van der Waals surface area contributed by atoms with Crippen molar-refractivity contribution in [1.29, 1.82) is 0 Å². The number of nitrogens with one attached hydrogen (secondary N) is 2. The topological polar surface area (TPSA) is 63.1 Å². The molecule has 0 bridgehead atoms. The molecular formula is C22H27N3O2. The quantitative estimate of drug-likeness (QED) is 0.737. The van der Waals surface area contributed by atoms with Gasteiger partial charge in [0.05, 0.1) is 6.54 Å². The Morgan fingerprint density at radius 2 is 1.81 bits per heavy atom. The normalized spacial score (nSPS) is 13.7.